The molecule has 17 heteroatoms. The molecule has 0 bridgehead atoms. The predicted molar refractivity (Wildman–Crippen MR) is 192 cm³/mol. The van der Waals surface area contributed by atoms with Gasteiger partial charge in [-0.25, -0.2) is 9.78 Å². The number of phenolic OH excluding ortho intramolecular Hbond substituents is 1. The van der Waals surface area contributed by atoms with Crippen molar-refractivity contribution in [1.29, 1.82) is 0 Å². The topological polar surface area (TPSA) is 226 Å². The van der Waals surface area contributed by atoms with E-state index in [0.717, 1.165) is 11.1 Å². The van der Waals surface area contributed by atoms with Crippen molar-refractivity contribution in [2.24, 2.45) is 0 Å². The number of nitrogens with zero attached hydrogens (tertiary/aromatic N) is 7. The Morgan fingerprint density at radius 1 is 0.887 bits per heavy atom. The van der Waals surface area contributed by atoms with Crippen LogP contribution in [0.1, 0.15) is 35.8 Å². The first kappa shape index (κ1) is 35.0. The molecule has 53 heavy (non-hydrogen) atoms. The third-order valence-corrected chi connectivity index (χ3v) is 8.69. The highest BCUT2D eigenvalue weighted by molar-refractivity contribution is 5.87. The molecule has 0 spiro atoms. The van der Waals surface area contributed by atoms with Gasteiger partial charge in [0.1, 0.15) is 24.3 Å². The number of carbonyl (C=O) groups excluding carboxylic acids is 2. The number of fused-ring (bicyclic) bond motifs is 1. The van der Waals surface area contributed by atoms with E-state index in [1.807, 2.05) is 60.7 Å². The Morgan fingerprint density at radius 2 is 1.62 bits per heavy atom. The number of benzene rings is 3. The minimum atomic E-state index is -1.51. The summed E-state index contributed by atoms with van der Waals surface area (Å²) < 4.78 is 8.58. The Balaban J connectivity index is 1.20. The van der Waals surface area contributed by atoms with E-state index in [0.29, 0.717) is 30.0 Å². The molecule has 7 N–H and O–H groups in total. The number of anilines is 2. The normalized spacial score (nSPS) is 18.3. The fourth-order valence-corrected chi connectivity index (χ4v) is 6.11. The summed E-state index contributed by atoms with van der Waals surface area (Å²) in [7, 11) is 0. The number of carbonyl (C=O) groups is 2. The van der Waals surface area contributed by atoms with Crippen molar-refractivity contribution < 1.29 is 29.6 Å². The lowest BCUT2D eigenvalue weighted by Gasteiger charge is -2.20. The second-order valence-electron chi connectivity index (χ2n) is 12.3. The van der Waals surface area contributed by atoms with E-state index in [1.165, 1.54) is 34.0 Å². The van der Waals surface area contributed by atoms with E-state index in [9.17, 15) is 24.9 Å². The third-order valence-electron chi connectivity index (χ3n) is 8.69. The highest BCUT2D eigenvalue weighted by Crippen LogP contribution is 2.33. The second kappa shape index (κ2) is 15.4. The molecule has 3 amide bonds. The Morgan fingerprint density at radius 3 is 2.32 bits per heavy atom. The van der Waals surface area contributed by atoms with Gasteiger partial charge in [0.25, 0.3) is 17.8 Å². The van der Waals surface area contributed by atoms with Crippen LogP contribution in [0.5, 0.6) is 5.75 Å². The van der Waals surface area contributed by atoms with Gasteiger partial charge in [-0.05, 0) is 35.7 Å². The number of aliphatic hydroxyl groups excluding tert-OH is 2. The Bertz CT molecular complexity index is 2160. The number of imidazole rings is 1. The van der Waals surface area contributed by atoms with Crippen molar-refractivity contribution in [2.75, 3.05) is 23.7 Å². The number of hydrogen-bond acceptors (Lipinski definition) is 12. The maximum Gasteiger partial charge on any atom is 0.321 e. The van der Waals surface area contributed by atoms with Crippen molar-refractivity contribution in [2.45, 2.75) is 43.9 Å². The molecular formula is C36H37N11O6. The summed E-state index contributed by atoms with van der Waals surface area (Å²) in [6.07, 6.45) is -2.83. The van der Waals surface area contributed by atoms with Crippen molar-refractivity contribution in [3.63, 3.8) is 0 Å². The summed E-state index contributed by atoms with van der Waals surface area (Å²) in [6, 6.07) is 26.0. The summed E-state index contributed by atoms with van der Waals surface area (Å²) in [6.45, 7) is 2.60. The van der Waals surface area contributed by atoms with Crippen molar-refractivity contribution in [3.05, 3.63) is 114 Å². The minimum absolute atomic E-state index is 0.0340. The number of likely N-dealkylation sites (N-methyl/N-ethyl adjacent to an activating group) is 1. The quantitative estimate of drug-likeness (QED) is 0.0968. The van der Waals surface area contributed by atoms with Gasteiger partial charge in [-0.1, -0.05) is 72.8 Å². The molecule has 0 radical (unpaired) electrons. The molecule has 272 valence electrons. The average molecular weight is 720 g/mol. The van der Waals surface area contributed by atoms with Gasteiger partial charge in [0.05, 0.1) is 6.33 Å². The van der Waals surface area contributed by atoms with Crippen LogP contribution in [0.2, 0.25) is 0 Å². The summed E-state index contributed by atoms with van der Waals surface area (Å²) in [4.78, 5) is 43.5. The maximum absolute atomic E-state index is 12.6. The maximum atomic E-state index is 12.6. The van der Waals surface area contributed by atoms with E-state index in [-0.39, 0.29) is 35.8 Å². The summed E-state index contributed by atoms with van der Waals surface area (Å²) in [5, 5.41) is 47.1. The molecule has 0 unspecified atom stereocenters. The van der Waals surface area contributed by atoms with Gasteiger partial charge >= 0.3 is 6.03 Å². The zero-order valence-electron chi connectivity index (χ0n) is 28.4. The van der Waals surface area contributed by atoms with Crippen molar-refractivity contribution in [1.82, 2.24) is 44.9 Å². The van der Waals surface area contributed by atoms with Gasteiger partial charge < -0.3 is 36.0 Å². The number of amides is 3. The van der Waals surface area contributed by atoms with E-state index in [4.69, 9.17) is 9.72 Å². The van der Waals surface area contributed by atoms with Crippen LogP contribution in [-0.4, -0.2) is 92.9 Å². The van der Waals surface area contributed by atoms with Crippen LogP contribution in [0.25, 0.3) is 17.1 Å². The summed E-state index contributed by atoms with van der Waals surface area (Å²) in [5.41, 5.74) is 3.37. The molecule has 4 atom stereocenters. The van der Waals surface area contributed by atoms with Crippen LogP contribution >= 0.6 is 0 Å². The first-order chi connectivity index (χ1) is 25.8. The monoisotopic (exact) mass is 719 g/mol. The van der Waals surface area contributed by atoms with Gasteiger partial charge in [-0.2, -0.15) is 19.6 Å². The third kappa shape index (κ3) is 7.62. The highest BCUT2D eigenvalue weighted by atomic mass is 16.6. The number of hydrogen-bond donors (Lipinski definition) is 7. The molecule has 1 saturated heterocycles. The van der Waals surface area contributed by atoms with E-state index < -0.39 is 36.5 Å². The van der Waals surface area contributed by atoms with Crippen LogP contribution in [0.15, 0.2) is 97.6 Å². The lowest BCUT2D eigenvalue weighted by atomic mass is 9.91. The molecule has 4 heterocycles. The number of rotatable bonds is 12. The highest BCUT2D eigenvalue weighted by Gasteiger charge is 2.47. The van der Waals surface area contributed by atoms with Crippen LogP contribution in [-0.2, 0) is 16.1 Å². The van der Waals surface area contributed by atoms with Gasteiger partial charge in [-0.3, -0.25) is 14.7 Å². The summed E-state index contributed by atoms with van der Waals surface area (Å²) in [5.74, 6) is -0.248. The number of aromatic hydroxyl groups is 1. The fraction of sp³-hybridized carbons (Fsp3) is 0.250. The van der Waals surface area contributed by atoms with E-state index in [1.54, 1.807) is 19.1 Å². The summed E-state index contributed by atoms with van der Waals surface area (Å²) >= 11 is 0. The standard InChI is InChI=1S/C36H37N11O6/c1-2-37-32(51)29-27(49)28(50)33(53-29)46-19-40-26-30(38-18-25(22-11-5-3-6-12-22)23-13-7-4-8-14-23)42-35(43-31(26)46)47-20-41-34(45-47)44-36(52)39-17-21-10-9-15-24(48)16-21/h3-16,19-20,25,27-29,33,48-50H,2,17-18H2,1H3,(H,37,51)(H,38,42,43)(H2,39,44,45,52)/t27-,28+,29-,33+/m0/s1. The zero-order valence-corrected chi connectivity index (χ0v) is 28.4. The molecule has 0 aliphatic carbocycles. The van der Waals surface area contributed by atoms with Crippen LogP contribution in [0.3, 0.4) is 0 Å². The number of aromatic nitrogens is 7. The lowest BCUT2D eigenvalue weighted by Crippen LogP contribution is -2.42. The molecule has 3 aromatic carbocycles. The second-order valence-corrected chi connectivity index (χ2v) is 12.3. The Hall–Kier alpha value is -6.43. The average Bonchev–Trinajstić information content (AvgIpc) is 3.89. The van der Waals surface area contributed by atoms with Gasteiger partial charge in [0.15, 0.2) is 29.3 Å². The number of urea groups is 1. The van der Waals surface area contributed by atoms with Crippen LogP contribution in [0.4, 0.5) is 16.6 Å². The van der Waals surface area contributed by atoms with Crippen molar-refractivity contribution >= 4 is 34.9 Å². The molecule has 1 aliphatic heterocycles. The molecule has 3 aromatic heterocycles. The largest absolute Gasteiger partial charge is 0.508 e. The molecule has 6 aromatic rings. The Labute approximate surface area is 302 Å². The number of aliphatic hydroxyl groups is 2. The van der Waals surface area contributed by atoms with Crippen molar-refractivity contribution in [3.8, 4) is 11.7 Å². The molecular weight excluding hydrogens is 682 g/mol. The predicted octanol–water partition coefficient (Wildman–Crippen LogP) is 2.43. The number of ether oxygens (including phenoxy) is 1. The van der Waals surface area contributed by atoms with Gasteiger partial charge in [0.2, 0.25) is 0 Å². The van der Waals surface area contributed by atoms with E-state index in [2.05, 4.69) is 41.3 Å². The van der Waals surface area contributed by atoms with Crippen LogP contribution in [0, 0.1) is 0 Å². The Kier molecular flexibility index (Phi) is 10.2. The van der Waals surface area contributed by atoms with Gasteiger partial charge in [-0.15, -0.1) is 5.10 Å². The van der Waals surface area contributed by atoms with Gasteiger partial charge in [0, 0.05) is 25.6 Å². The molecule has 1 fully saturated rings. The first-order valence-corrected chi connectivity index (χ1v) is 16.9. The van der Waals surface area contributed by atoms with E-state index >= 15 is 0 Å². The number of phenols is 1. The lowest BCUT2D eigenvalue weighted by molar-refractivity contribution is -0.137. The molecule has 0 saturated carbocycles. The fourth-order valence-electron chi connectivity index (χ4n) is 6.11. The van der Waals surface area contributed by atoms with Crippen LogP contribution < -0.4 is 21.3 Å². The number of nitrogens with one attached hydrogen (secondary N) is 4. The molecule has 7 rings (SSSR count). The zero-order chi connectivity index (χ0) is 36.9. The smallest absolute Gasteiger partial charge is 0.321 e. The first-order valence-electron chi connectivity index (χ1n) is 16.9. The SMILES string of the molecule is CCNC(=O)[C@H]1O[C@@H](n2cnc3c(NCC(c4ccccc4)c4ccccc4)nc(-n4cnc(NC(=O)NCc5cccc(O)c5)n4)nc32)[C@H](O)[C@@H]1O. The molecule has 17 nitrogen and oxygen atoms in total. The minimum Gasteiger partial charge on any atom is -0.508 e. The molecule has 1 aliphatic rings.